The molecular formula is C17H33IN6. The quantitative estimate of drug-likeness (QED) is 0.303. The monoisotopic (exact) mass is 448 g/mol. The van der Waals surface area contributed by atoms with Gasteiger partial charge in [-0.3, -0.25) is 9.67 Å². The zero-order valence-corrected chi connectivity index (χ0v) is 17.8. The fraction of sp³-hybridized carbons (Fsp3) is 0.765. The molecule has 1 aromatic rings. The van der Waals surface area contributed by atoms with Crippen molar-refractivity contribution in [2.75, 3.05) is 26.7 Å². The molecule has 0 atom stereocenters. The summed E-state index contributed by atoms with van der Waals surface area (Å²) < 4.78 is 1.85. The van der Waals surface area contributed by atoms with Crippen molar-refractivity contribution >= 4 is 29.9 Å². The highest BCUT2D eigenvalue weighted by Gasteiger charge is 2.21. The van der Waals surface area contributed by atoms with E-state index < -0.39 is 0 Å². The smallest absolute Gasteiger partial charge is 0.191 e. The molecule has 0 amide bonds. The van der Waals surface area contributed by atoms with Crippen molar-refractivity contribution in [2.24, 2.45) is 12.0 Å². The fourth-order valence-corrected chi connectivity index (χ4v) is 3.05. The Kier molecular flexibility index (Phi) is 9.65. The number of halogens is 1. The van der Waals surface area contributed by atoms with Crippen LogP contribution in [-0.2, 0) is 13.5 Å². The van der Waals surface area contributed by atoms with E-state index in [1.807, 2.05) is 25.0 Å². The SMILES string of the molecule is CN=C(NCCCc1cnn(C)c1)NC1CCN(C(C)C)CC1.I. The van der Waals surface area contributed by atoms with Crippen molar-refractivity contribution in [3.05, 3.63) is 18.0 Å². The first-order valence-corrected chi connectivity index (χ1v) is 8.77. The van der Waals surface area contributed by atoms with Gasteiger partial charge < -0.3 is 15.5 Å². The molecule has 7 heteroatoms. The number of hydrogen-bond donors (Lipinski definition) is 2. The molecule has 1 aliphatic heterocycles. The summed E-state index contributed by atoms with van der Waals surface area (Å²) >= 11 is 0. The third kappa shape index (κ3) is 6.96. The van der Waals surface area contributed by atoms with E-state index in [0.29, 0.717) is 12.1 Å². The Balaban J connectivity index is 0.00000288. The Morgan fingerprint density at radius 2 is 2.08 bits per heavy atom. The van der Waals surface area contributed by atoms with E-state index >= 15 is 0 Å². The van der Waals surface area contributed by atoms with Crippen LogP contribution in [0.1, 0.15) is 38.7 Å². The molecule has 2 heterocycles. The molecule has 0 spiro atoms. The van der Waals surface area contributed by atoms with Crippen molar-refractivity contribution in [1.82, 2.24) is 25.3 Å². The number of likely N-dealkylation sites (tertiary alicyclic amines) is 1. The van der Waals surface area contributed by atoms with Crippen molar-refractivity contribution in [3.63, 3.8) is 0 Å². The number of hydrogen-bond acceptors (Lipinski definition) is 3. The largest absolute Gasteiger partial charge is 0.356 e. The first-order valence-electron chi connectivity index (χ1n) is 8.77. The molecule has 1 aromatic heterocycles. The van der Waals surface area contributed by atoms with Crippen molar-refractivity contribution < 1.29 is 0 Å². The minimum Gasteiger partial charge on any atom is -0.356 e. The van der Waals surface area contributed by atoms with Crippen LogP contribution in [0.25, 0.3) is 0 Å². The summed E-state index contributed by atoms with van der Waals surface area (Å²) in [6, 6.07) is 1.19. The van der Waals surface area contributed by atoms with Gasteiger partial charge in [0, 0.05) is 52.0 Å². The summed E-state index contributed by atoms with van der Waals surface area (Å²) in [5.41, 5.74) is 1.29. The van der Waals surface area contributed by atoms with Crippen molar-refractivity contribution in [1.29, 1.82) is 0 Å². The van der Waals surface area contributed by atoms with Crippen LogP contribution in [0.2, 0.25) is 0 Å². The molecule has 24 heavy (non-hydrogen) atoms. The normalized spacial score (nSPS) is 17.0. The van der Waals surface area contributed by atoms with Gasteiger partial charge in [0.05, 0.1) is 6.20 Å². The highest BCUT2D eigenvalue weighted by atomic mass is 127. The van der Waals surface area contributed by atoms with Crippen LogP contribution in [0, 0.1) is 0 Å². The van der Waals surface area contributed by atoms with E-state index in [1.165, 1.54) is 31.5 Å². The third-order valence-electron chi connectivity index (χ3n) is 4.52. The van der Waals surface area contributed by atoms with E-state index in [1.54, 1.807) is 0 Å². The molecule has 1 fully saturated rings. The number of aromatic nitrogens is 2. The number of rotatable bonds is 6. The Morgan fingerprint density at radius 3 is 2.62 bits per heavy atom. The highest BCUT2D eigenvalue weighted by molar-refractivity contribution is 14.0. The summed E-state index contributed by atoms with van der Waals surface area (Å²) in [4.78, 5) is 6.89. The number of guanidine groups is 1. The Morgan fingerprint density at radius 1 is 1.38 bits per heavy atom. The summed E-state index contributed by atoms with van der Waals surface area (Å²) in [5, 5.41) is 11.2. The van der Waals surface area contributed by atoms with E-state index in [2.05, 4.69) is 45.7 Å². The zero-order chi connectivity index (χ0) is 16.7. The lowest BCUT2D eigenvalue weighted by atomic mass is 10.0. The number of nitrogens with zero attached hydrogens (tertiary/aromatic N) is 4. The molecule has 1 aliphatic rings. The van der Waals surface area contributed by atoms with Crippen LogP contribution in [0.3, 0.4) is 0 Å². The number of piperidine rings is 1. The molecule has 138 valence electrons. The molecule has 0 saturated carbocycles. The van der Waals surface area contributed by atoms with E-state index in [4.69, 9.17) is 0 Å². The third-order valence-corrected chi connectivity index (χ3v) is 4.52. The molecule has 0 bridgehead atoms. The molecule has 0 radical (unpaired) electrons. The molecule has 2 rings (SSSR count). The number of aryl methyl sites for hydroxylation is 2. The van der Waals surface area contributed by atoms with Crippen LogP contribution in [-0.4, -0.2) is 59.4 Å². The topological polar surface area (TPSA) is 57.5 Å². The lowest BCUT2D eigenvalue weighted by Gasteiger charge is -2.35. The van der Waals surface area contributed by atoms with Crippen LogP contribution < -0.4 is 10.6 Å². The average molecular weight is 448 g/mol. The van der Waals surface area contributed by atoms with E-state index in [-0.39, 0.29) is 24.0 Å². The summed E-state index contributed by atoms with van der Waals surface area (Å²) in [6.45, 7) is 7.83. The number of aliphatic imine (C=N–C) groups is 1. The van der Waals surface area contributed by atoms with Crippen LogP contribution in [0.5, 0.6) is 0 Å². The second-order valence-electron chi connectivity index (χ2n) is 6.67. The first kappa shape index (κ1) is 21.2. The average Bonchev–Trinajstić information content (AvgIpc) is 2.96. The highest BCUT2D eigenvalue weighted by Crippen LogP contribution is 2.12. The molecule has 2 N–H and O–H groups in total. The second kappa shape index (κ2) is 10.9. The van der Waals surface area contributed by atoms with Gasteiger partial charge >= 0.3 is 0 Å². The Bertz CT molecular complexity index is 491. The minimum atomic E-state index is 0. The summed E-state index contributed by atoms with van der Waals surface area (Å²) in [6.07, 6.45) is 8.52. The lowest BCUT2D eigenvalue weighted by molar-refractivity contribution is 0.167. The molecule has 6 nitrogen and oxygen atoms in total. The minimum absolute atomic E-state index is 0. The summed E-state index contributed by atoms with van der Waals surface area (Å²) in [5.74, 6) is 0.930. The number of nitrogens with one attached hydrogen (secondary N) is 2. The van der Waals surface area contributed by atoms with E-state index in [9.17, 15) is 0 Å². The van der Waals surface area contributed by atoms with E-state index in [0.717, 1.165) is 25.3 Å². The van der Waals surface area contributed by atoms with Gasteiger partial charge in [0.1, 0.15) is 0 Å². The Labute approximate surface area is 163 Å². The van der Waals surface area contributed by atoms with Gasteiger partial charge in [0.2, 0.25) is 0 Å². The standard InChI is InChI=1S/C17H32N6.HI/c1-14(2)23-10-7-16(8-11-23)21-17(18-3)19-9-5-6-15-12-20-22(4)13-15;/h12-14,16H,5-11H2,1-4H3,(H2,18,19,21);1H. The maximum absolute atomic E-state index is 4.35. The maximum atomic E-state index is 4.35. The molecule has 0 aliphatic carbocycles. The van der Waals surface area contributed by atoms with Gasteiger partial charge in [-0.2, -0.15) is 5.10 Å². The van der Waals surface area contributed by atoms with Crippen LogP contribution >= 0.6 is 24.0 Å². The van der Waals surface area contributed by atoms with Crippen molar-refractivity contribution in [3.8, 4) is 0 Å². The molecule has 0 aromatic carbocycles. The van der Waals surface area contributed by atoms with Gasteiger partial charge in [-0.25, -0.2) is 0 Å². The van der Waals surface area contributed by atoms with Gasteiger partial charge in [-0.1, -0.05) is 0 Å². The second-order valence-corrected chi connectivity index (χ2v) is 6.67. The predicted molar refractivity (Wildman–Crippen MR) is 111 cm³/mol. The van der Waals surface area contributed by atoms with Gasteiger partial charge in [-0.15, -0.1) is 24.0 Å². The van der Waals surface area contributed by atoms with Gasteiger partial charge in [0.25, 0.3) is 0 Å². The Hall–Kier alpha value is -0.830. The predicted octanol–water partition coefficient (Wildman–Crippen LogP) is 2.01. The van der Waals surface area contributed by atoms with Gasteiger partial charge in [-0.05, 0) is 45.1 Å². The van der Waals surface area contributed by atoms with Crippen LogP contribution in [0.4, 0.5) is 0 Å². The molecular weight excluding hydrogens is 415 g/mol. The lowest BCUT2D eigenvalue weighted by Crippen LogP contribution is -2.50. The first-order chi connectivity index (χ1) is 11.1. The van der Waals surface area contributed by atoms with Crippen LogP contribution in [0.15, 0.2) is 17.4 Å². The molecule has 0 unspecified atom stereocenters. The fourth-order valence-electron chi connectivity index (χ4n) is 3.05. The van der Waals surface area contributed by atoms with Crippen molar-refractivity contribution in [2.45, 2.75) is 51.6 Å². The summed E-state index contributed by atoms with van der Waals surface area (Å²) in [7, 11) is 3.80. The zero-order valence-electron chi connectivity index (χ0n) is 15.5. The molecule has 1 saturated heterocycles. The maximum Gasteiger partial charge on any atom is 0.191 e. The van der Waals surface area contributed by atoms with Gasteiger partial charge in [0.15, 0.2) is 5.96 Å².